The van der Waals surface area contributed by atoms with Crippen LogP contribution in [-0.4, -0.2) is 38.6 Å². The second kappa shape index (κ2) is 8.35. The van der Waals surface area contributed by atoms with Gasteiger partial charge in [-0.15, -0.1) is 0 Å². The van der Waals surface area contributed by atoms with Gasteiger partial charge in [-0.2, -0.15) is 0 Å². The first-order chi connectivity index (χ1) is 12.1. The van der Waals surface area contributed by atoms with Gasteiger partial charge >= 0.3 is 0 Å². The van der Waals surface area contributed by atoms with E-state index in [0.29, 0.717) is 13.2 Å². The number of aliphatic imine (C=N–C) groups is 1. The number of benzodiazepines with no additional fused rings is 1. The van der Waals surface area contributed by atoms with Crippen molar-refractivity contribution in [3.63, 3.8) is 0 Å². The van der Waals surface area contributed by atoms with Crippen LogP contribution in [0.15, 0.2) is 51.9 Å². The van der Waals surface area contributed by atoms with Crippen molar-refractivity contribution in [3.05, 3.63) is 63.1 Å². The lowest BCUT2D eigenvalue weighted by molar-refractivity contribution is 0.122. The summed E-state index contributed by atoms with van der Waals surface area (Å²) >= 11 is 10.1. The van der Waals surface area contributed by atoms with Crippen molar-refractivity contribution < 1.29 is 4.74 Å². The standard InChI is InChI=1S/C20H22BrClN2O/c1-3-10-25-13-15-12-23-20(16-6-4-5-7-18(16)22)17-11-14(21)8-9-19(17)24(15)2/h4-9,11,15H,3,10,12-13H2,1-2H3. The van der Waals surface area contributed by atoms with E-state index in [4.69, 9.17) is 21.3 Å². The molecule has 0 aromatic heterocycles. The normalized spacial score (nSPS) is 17.0. The van der Waals surface area contributed by atoms with Crippen molar-refractivity contribution in [2.24, 2.45) is 4.99 Å². The van der Waals surface area contributed by atoms with Gasteiger partial charge in [0.15, 0.2) is 0 Å². The fourth-order valence-corrected chi connectivity index (χ4v) is 3.60. The third kappa shape index (κ3) is 4.08. The third-order valence-corrected chi connectivity index (χ3v) is 5.21. The van der Waals surface area contributed by atoms with Crippen LogP contribution >= 0.6 is 27.5 Å². The van der Waals surface area contributed by atoms with Crippen LogP contribution < -0.4 is 4.90 Å². The Morgan fingerprint density at radius 1 is 1.24 bits per heavy atom. The average molecular weight is 422 g/mol. The highest BCUT2D eigenvalue weighted by atomic mass is 79.9. The molecule has 0 radical (unpaired) electrons. The maximum atomic E-state index is 6.46. The van der Waals surface area contributed by atoms with Gasteiger partial charge in [-0.25, -0.2) is 0 Å². The van der Waals surface area contributed by atoms with E-state index < -0.39 is 0 Å². The predicted octanol–water partition coefficient (Wildman–Crippen LogP) is 5.18. The summed E-state index contributed by atoms with van der Waals surface area (Å²) in [6, 6.07) is 14.4. The number of anilines is 1. The molecule has 0 bridgehead atoms. The SMILES string of the molecule is CCCOCC1CN=C(c2ccccc2Cl)c2cc(Br)ccc2N1C. The summed E-state index contributed by atoms with van der Waals surface area (Å²) in [5, 5.41) is 0.718. The second-order valence-corrected chi connectivity index (χ2v) is 7.49. The molecule has 0 amide bonds. The number of halogens is 2. The fourth-order valence-electron chi connectivity index (χ4n) is 3.02. The molecular formula is C20H22BrClN2O. The van der Waals surface area contributed by atoms with Crippen molar-refractivity contribution in [2.45, 2.75) is 19.4 Å². The Morgan fingerprint density at radius 3 is 2.80 bits per heavy atom. The lowest BCUT2D eigenvalue weighted by Gasteiger charge is -2.28. The molecule has 1 atom stereocenters. The number of likely N-dealkylation sites (N-methyl/N-ethyl adjacent to an activating group) is 1. The lowest BCUT2D eigenvalue weighted by Crippen LogP contribution is -2.37. The van der Waals surface area contributed by atoms with Crippen molar-refractivity contribution in [2.75, 3.05) is 31.7 Å². The van der Waals surface area contributed by atoms with Crippen LogP contribution in [0.1, 0.15) is 24.5 Å². The first-order valence-corrected chi connectivity index (χ1v) is 9.68. The summed E-state index contributed by atoms with van der Waals surface area (Å²) in [5.41, 5.74) is 4.13. The molecule has 0 N–H and O–H groups in total. The quantitative estimate of drug-likeness (QED) is 0.621. The van der Waals surface area contributed by atoms with Crippen LogP contribution in [0.3, 0.4) is 0 Å². The summed E-state index contributed by atoms with van der Waals surface area (Å²) in [6.45, 7) is 4.24. The van der Waals surface area contributed by atoms with Crippen LogP contribution in [0.5, 0.6) is 0 Å². The molecule has 1 aliphatic rings. The van der Waals surface area contributed by atoms with Gasteiger partial charge in [-0.1, -0.05) is 52.7 Å². The van der Waals surface area contributed by atoms with Crippen LogP contribution in [0.2, 0.25) is 5.02 Å². The molecule has 3 nitrogen and oxygen atoms in total. The molecule has 0 aliphatic carbocycles. The van der Waals surface area contributed by atoms with Gasteiger partial charge in [0.2, 0.25) is 0 Å². The molecule has 2 aromatic rings. The van der Waals surface area contributed by atoms with Gasteiger partial charge in [0, 0.05) is 40.0 Å². The highest BCUT2D eigenvalue weighted by Crippen LogP contribution is 2.32. The maximum absolute atomic E-state index is 6.46. The molecule has 1 aliphatic heterocycles. The highest BCUT2D eigenvalue weighted by molar-refractivity contribution is 9.10. The maximum Gasteiger partial charge on any atom is 0.0756 e. The first-order valence-electron chi connectivity index (χ1n) is 8.51. The number of hydrogen-bond donors (Lipinski definition) is 0. The molecule has 1 unspecified atom stereocenters. The minimum absolute atomic E-state index is 0.200. The molecule has 0 spiro atoms. The summed E-state index contributed by atoms with van der Waals surface area (Å²) in [7, 11) is 2.11. The molecule has 132 valence electrons. The minimum atomic E-state index is 0.200. The van der Waals surface area contributed by atoms with Crippen molar-refractivity contribution >= 4 is 38.9 Å². The Kier molecular flexibility index (Phi) is 6.15. The van der Waals surface area contributed by atoms with E-state index in [1.54, 1.807) is 0 Å². The number of ether oxygens (including phenoxy) is 1. The van der Waals surface area contributed by atoms with E-state index in [1.807, 2.05) is 24.3 Å². The molecule has 25 heavy (non-hydrogen) atoms. The Morgan fingerprint density at radius 2 is 2.04 bits per heavy atom. The van der Waals surface area contributed by atoms with Crippen molar-refractivity contribution in [1.29, 1.82) is 0 Å². The monoisotopic (exact) mass is 420 g/mol. The topological polar surface area (TPSA) is 24.8 Å². The fraction of sp³-hybridized carbons (Fsp3) is 0.350. The van der Waals surface area contributed by atoms with Gasteiger partial charge in [-0.05, 0) is 30.7 Å². The molecule has 5 heteroatoms. The Labute approximate surface area is 162 Å². The predicted molar refractivity (Wildman–Crippen MR) is 109 cm³/mol. The van der Waals surface area contributed by atoms with Gasteiger partial charge in [0.1, 0.15) is 0 Å². The summed E-state index contributed by atoms with van der Waals surface area (Å²) in [4.78, 5) is 7.21. The zero-order valence-electron chi connectivity index (χ0n) is 14.5. The van der Waals surface area contributed by atoms with Crippen LogP contribution in [0.4, 0.5) is 5.69 Å². The number of benzene rings is 2. The third-order valence-electron chi connectivity index (χ3n) is 4.39. The Bertz CT molecular complexity index is 778. The Balaban J connectivity index is 2.05. The average Bonchev–Trinajstić information content (AvgIpc) is 2.73. The number of rotatable bonds is 5. The van der Waals surface area contributed by atoms with Gasteiger partial charge < -0.3 is 9.64 Å². The van der Waals surface area contributed by atoms with E-state index in [2.05, 4.69) is 53.0 Å². The van der Waals surface area contributed by atoms with E-state index in [9.17, 15) is 0 Å². The van der Waals surface area contributed by atoms with Gasteiger partial charge in [-0.3, -0.25) is 4.99 Å². The molecule has 0 saturated carbocycles. The molecular weight excluding hydrogens is 400 g/mol. The zero-order chi connectivity index (χ0) is 17.8. The van der Waals surface area contributed by atoms with Crippen molar-refractivity contribution in [3.8, 4) is 0 Å². The smallest absolute Gasteiger partial charge is 0.0756 e. The van der Waals surface area contributed by atoms with E-state index >= 15 is 0 Å². The largest absolute Gasteiger partial charge is 0.379 e. The number of nitrogens with zero attached hydrogens (tertiary/aromatic N) is 2. The lowest BCUT2D eigenvalue weighted by atomic mass is 10.00. The molecule has 1 heterocycles. The summed E-state index contributed by atoms with van der Waals surface area (Å²) in [5.74, 6) is 0. The van der Waals surface area contributed by atoms with Crippen molar-refractivity contribution in [1.82, 2.24) is 0 Å². The minimum Gasteiger partial charge on any atom is -0.379 e. The summed E-state index contributed by atoms with van der Waals surface area (Å²) < 4.78 is 6.83. The number of fused-ring (bicyclic) bond motifs is 1. The Hall–Kier alpha value is -1.36. The highest BCUT2D eigenvalue weighted by Gasteiger charge is 2.25. The van der Waals surface area contributed by atoms with Gasteiger partial charge in [0.05, 0.1) is 24.9 Å². The summed E-state index contributed by atoms with van der Waals surface area (Å²) in [6.07, 6.45) is 1.02. The molecule has 2 aromatic carbocycles. The zero-order valence-corrected chi connectivity index (χ0v) is 16.8. The van der Waals surface area contributed by atoms with Crippen LogP contribution in [0, 0.1) is 0 Å². The van der Waals surface area contributed by atoms with Crippen LogP contribution in [-0.2, 0) is 4.74 Å². The second-order valence-electron chi connectivity index (χ2n) is 6.17. The van der Waals surface area contributed by atoms with Gasteiger partial charge in [0.25, 0.3) is 0 Å². The van der Waals surface area contributed by atoms with Crippen LogP contribution in [0.25, 0.3) is 0 Å². The molecule has 0 saturated heterocycles. The van der Waals surface area contributed by atoms with E-state index in [-0.39, 0.29) is 6.04 Å². The number of hydrogen-bond acceptors (Lipinski definition) is 3. The van der Waals surface area contributed by atoms with E-state index in [0.717, 1.165) is 45.0 Å². The molecule has 0 fully saturated rings. The molecule has 3 rings (SSSR count). The van der Waals surface area contributed by atoms with E-state index in [1.165, 1.54) is 0 Å². The first kappa shape index (κ1) is 18.4.